The number of ether oxygens (including phenoxy) is 1. The number of nitrogens with zero attached hydrogens (tertiary/aromatic N) is 3. The molecule has 0 aliphatic rings. The molecular weight excluding hydrogens is 423 g/mol. The van der Waals surface area contributed by atoms with Crippen LogP contribution >= 0.6 is 12.2 Å². The van der Waals surface area contributed by atoms with Gasteiger partial charge in [-0.3, -0.25) is 5.10 Å². The van der Waals surface area contributed by atoms with Crippen LogP contribution in [0.1, 0.15) is 28.9 Å². The number of aromatic amines is 1. The summed E-state index contributed by atoms with van der Waals surface area (Å²) >= 11 is 5.29. The van der Waals surface area contributed by atoms with E-state index in [1.165, 1.54) is 17.7 Å². The van der Waals surface area contributed by atoms with Crippen LogP contribution in [-0.4, -0.2) is 27.7 Å². The topological polar surface area (TPSA) is 55.2 Å². The second kappa shape index (κ2) is 10.6. The van der Waals surface area contributed by atoms with Crippen LogP contribution in [0, 0.1) is 10.6 Å². The lowest BCUT2D eigenvalue weighted by atomic mass is 10.1. The van der Waals surface area contributed by atoms with Crippen LogP contribution in [0.2, 0.25) is 0 Å². The van der Waals surface area contributed by atoms with Gasteiger partial charge in [0.15, 0.2) is 5.82 Å². The van der Waals surface area contributed by atoms with Crippen molar-refractivity contribution in [3.05, 3.63) is 112 Å². The van der Waals surface area contributed by atoms with E-state index in [-0.39, 0.29) is 5.82 Å². The highest BCUT2D eigenvalue weighted by Gasteiger charge is 2.06. The minimum absolute atomic E-state index is 0.269. The molecular formula is C25H23FN4OS. The second-order valence-electron chi connectivity index (χ2n) is 7.31. The van der Waals surface area contributed by atoms with Gasteiger partial charge >= 0.3 is 0 Å². The standard InChI is InChI=1S/C25H23FN4OS/c26-22-12-8-20(9-13-22)17-24-28-29-25(32)30(24)27-18-21-10-14-23(15-11-21)31-16-4-7-19-5-2-1-3-6-19/h1-3,5-6,8-15,18H,4,7,16-17H2,(H,29,32)/b27-18-. The highest BCUT2D eigenvalue weighted by atomic mass is 32.1. The maximum atomic E-state index is 13.1. The summed E-state index contributed by atoms with van der Waals surface area (Å²) in [5.41, 5.74) is 3.15. The molecule has 0 fully saturated rings. The molecule has 7 heteroatoms. The second-order valence-corrected chi connectivity index (χ2v) is 7.70. The Labute approximate surface area is 191 Å². The van der Waals surface area contributed by atoms with Gasteiger partial charge in [0.25, 0.3) is 0 Å². The summed E-state index contributed by atoms with van der Waals surface area (Å²) < 4.78 is 20.9. The van der Waals surface area contributed by atoms with Crippen LogP contribution < -0.4 is 4.74 Å². The number of benzene rings is 3. The first-order chi connectivity index (χ1) is 15.7. The molecule has 1 N–H and O–H groups in total. The molecule has 0 unspecified atom stereocenters. The van der Waals surface area contributed by atoms with Crippen LogP contribution in [0.4, 0.5) is 4.39 Å². The summed E-state index contributed by atoms with van der Waals surface area (Å²) in [5.74, 6) is 1.21. The largest absolute Gasteiger partial charge is 0.494 e. The summed E-state index contributed by atoms with van der Waals surface area (Å²) in [7, 11) is 0. The predicted octanol–water partition coefficient (Wildman–Crippen LogP) is 5.56. The quantitative estimate of drug-likeness (QED) is 0.208. The van der Waals surface area contributed by atoms with Gasteiger partial charge in [-0.25, -0.2) is 4.39 Å². The molecule has 0 spiro atoms. The number of H-pyrrole nitrogens is 1. The molecule has 0 saturated heterocycles. The van der Waals surface area contributed by atoms with E-state index in [1.807, 2.05) is 30.3 Å². The number of nitrogens with one attached hydrogen (secondary N) is 1. The zero-order valence-corrected chi connectivity index (χ0v) is 18.3. The molecule has 3 aromatic carbocycles. The van der Waals surface area contributed by atoms with Gasteiger partial charge in [0.1, 0.15) is 11.6 Å². The smallest absolute Gasteiger partial charge is 0.216 e. The Bertz CT molecular complexity index is 1220. The Hall–Kier alpha value is -3.58. The first-order valence-electron chi connectivity index (χ1n) is 10.4. The third-order valence-corrected chi connectivity index (χ3v) is 5.18. The zero-order chi connectivity index (χ0) is 22.2. The minimum Gasteiger partial charge on any atom is -0.494 e. The number of rotatable bonds is 9. The van der Waals surface area contributed by atoms with E-state index in [0.29, 0.717) is 23.6 Å². The molecule has 0 aliphatic carbocycles. The fourth-order valence-electron chi connectivity index (χ4n) is 3.23. The lowest BCUT2D eigenvalue weighted by Crippen LogP contribution is -2.01. The lowest BCUT2D eigenvalue weighted by Gasteiger charge is -2.06. The number of halogens is 1. The molecule has 1 aromatic heterocycles. The molecule has 0 atom stereocenters. The summed E-state index contributed by atoms with van der Waals surface area (Å²) in [4.78, 5) is 0. The Morgan fingerprint density at radius 3 is 2.47 bits per heavy atom. The van der Waals surface area contributed by atoms with Gasteiger partial charge in [-0.05, 0) is 78.1 Å². The van der Waals surface area contributed by atoms with Crippen molar-refractivity contribution in [2.45, 2.75) is 19.3 Å². The molecule has 0 saturated carbocycles. The first kappa shape index (κ1) is 21.6. The van der Waals surface area contributed by atoms with Gasteiger partial charge < -0.3 is 4.74 Å². The van der Waals surface area contributed by atoms with Crippen molar-refractivity contribution in [3.63, 3.8) is 0 Å². The van der Waals surface area contributed by atoms with E-state index in [4.69, 9.17) is 17.0 Å². The molecule has 1 heterocycles. The Morgan fingerprint density at radius 2 is 1.72 bits per heavy atom. The Kier molecular flexibility index (Phi) is 7.19. The van der Waals surface area contributed by atoms with Gasteiger partial charge in [0, 0.05) is 6.42 Å². The van der Waals surface area contributed by atoms with Crippen molar-refractivity contribution < 1.29 is 9.13 Å². The Morgan fingerprint density at radius 1 is 0.969 bits per heavy atom. The van der Waals surface area contributed by atoms with Gasteiger partial charge in [-0.1, -0.05) is 42.5 Å². The number of aromatic nitrogens is 3. The van der Waals surface area contributed by atoms with E-state index < -0.39 is 0 Å². The fourth-order valence-corrected chi connectivity index (χ4v) is 3.43. The molecule has 5 nitrogen and oxygen atoms in total. The van der Waals surface area contributed by atoms with E-state index in [9.17, 15) is 4.39 Å². The lowest BCUT2D eigenvalue weighted by molar-refractivity contribution is 0.311. The summed E-state index contributed by atoms with van der Waals surface area (Å²) in [6.45, 7) is 0.666. The van der Waals surface area contributed by atoms with Crippen molar-refractivity contribution in [1.82, 2.24) is 14.9 Å². The van der Waals surface area contributed by atoms with Crippen molar-refractivity contribution in [2.24, 2.45) is 5.10 Å². The van der Waals surface area contributed by atoms with Crippen LogP contribution in [-0.2, 0) is 12.8 Å². The molecule has 4 aromatic rings. The SMILES string of the molecule is Fc1ccc(Cc2n[nH]c(=S)n2/N=C\c2ccc(OCCCc3ccccc3)cc2)cc1. The Balaban J connectivity index is 1.33. The van der Waals surface area contributed by atoms with Crippen LogP contribution in [0.3, 0.4) is 0 Å². The monoisotopic (exact) mass is 446 g/mol. The van der Waals surface area contributed by atoms with E-state index >= 15 is 0 Å². The van der Waals surface area contributed by atoms with Gasteiger partial charge in [0.05, 0.1) is 12.8 Å². The molecule has 0 aliphatic heterocycles. The third-order valence-electron chi connectivity index (χ3n) is 4.92. The summed E-state index contributed by atoms with van der Waals surface area (Å²) in [6, 6.07) is 24.4. The van der Waals surface area contributed by atoms with Crippen LogP contribution in [0.5, 0.6) is 5.75 Å². The third kappa shape index (κ3) is 5.98. The average Bonchev–Trinajstić information content (AvgIpc) is 3.17. The number of hydrogen-bond donors (Lipinski definition) is 1. The predicted molar refractivity (Wildman–Crippen MR) is 126 cm³/mol. The van der Waals surface area contributed by atoms with Crippen LogP contribution in [0.25, 0.3) is 0 Å². The van der Waals surface area contributed by atoms with E-state index in [1.54, 1.807) is 23.0 Å². The normalized spacial score (nSPS) is 11.2. The maximum Gasteiger partial charge on any atom is 0.216 e. The van der Waals surface area contributed by atoms with Gasteiger partial charge in [-0.2, -0.15) is 14.9 Å². The number of hydrogen-bond acceptors (Lipinski definition) is 4. The summed E-state index contributed by atoms with van der Waals surface area (Å²) in [6.07, 6.45) is 4.17. The average molecular weight is 447 g/mol. The maximum absolute atomic E-state index is 13.1. The molecule has 32 heavy (non-hydrogen) atoms. The molecule has 0 amide bonds. The van der Waals surface area contributed by atoms with Gasteiger partial charge in [-0.15, -0.1) is 0 Å². The molecule has 4 rings (SSSR count). The van der Waals surface area contributed by atoms with Crippen molar-refractivity contribution in [1.29, 1.82) is 0 Å². The summed E-state index contributed by atoms with van der Waals surface area (Å²) in [5, 5.41) is 11.5. The zero-order valence-electron chi connectivity index (χ0n) is 17.4. The molecule has 0 bridgehead atoms. The number of aryl methyl sites for hydroxylation is 1. The molecule has 162 valence electrons. The first-order valence-corrected chi connectivity index (χ1v) is 10.8. The highest BCUT2D eigenvalue weighted by molar-refractivity contribution is 7.71. The fraction of sp³-hybridized carbons (Fsp3) is 0.160. The van der Waals surface area contributed by atoms with Crippen LogP contribution in [0.15, 0.2) is 84.0 Å². The van der Waals surface area contributed by atoms with Crippen molar-refractivity contribution in [2.75, 3.05) is 6.61 Å². The van der Waals surface area contributed by atoms with E-state index in [2.05, 4.69) is 39.6 Å². The highest BCUT2D eigenvalue weighted by Crippen LogP contribution is 2.13. The minimum atomic E-state index is -0.269. The van der Waals surface area contributed by atoms with Gasteiger partial charge in [0.2, 0.25) is 4.77 Å². The van der Waals surface area contributed by atoms with Crippen molar-refractivity contribution >= 4 is 18.4 Å². The molecule has 0 radical (unpaired) electrons. The van der Waals surface area contributed by atoms with Crippen molar-refractivity contribution in [3.8, 4) is 5.75 Å². The van der Waals surface area contributed by atoms with E-state index in [0.717, 1.165) is 29.7 Å².